The van der Waals surface area contributed by atoms with Gasteiger partial charge in [-0.3, -0.25) is 0 Å². The minimum Gasteiger partial charge on any atom is -0.345 e. The summed E-state index contributed by atoms with van der Waals surface area (Å²) in [5.74, 6) is -2.14. The van der Waals surface area contributed by atoms with Crippen molar-refractivity contribution in [2.45, 2.75) is 4.90 Å². The number of halogens is 2. The number of piperazine rings is 1. The van der Waals surface area contributed by atoms with Gasteiger partial charge in [0, 0.05) is 26.2 Å². The van der Waals surface area contributed by atoms with Gasteiger partial charge < -0.3 is 4.90 Å². The Morgan fingerprint density at radius 3 is 2.23 bits per heavy atom. The van der Waals surface area contributed by atoms with Gasteiger partial charge in [-0.25, -0.2) is 22.2 Å². The van der Waals surface area contributed by atoms with E-state index in [1.807, 2.05) is 29.2 Å². The molecule has 136 valence electrons. The first kappa shape index (κ1) is 17.3. The third kappa shape index (κ3) is 2.95. The number of nitrogens with zero attached hydrogens (tertiary/aromatic N) is 3. The van der Waals surface area contributed by atoms with Crippen molar-refractivity contribution in [3.63, 3.8) is 0 Å². The molecule has 0 radical (unpaired) electrons. The van der Waals surface area contributed by atoms with Gasteiger partial charge in [-0.15, -0.1) is 0 Å². The Balaban J connectivity index is 1.54. The molecule has 0 aliphatic carbocycles. The van der Waals surface area contributed by atoms with E-state index in [9.17, 15) is 17.2 Å². The number of aromatic nitrogens is 1. The number of fused-ring (bicyclic) bond motifs is 1. The van der Waals surface area contributed by atoms with Crippen LogP contribution in [0.4, 0.5) is 13.9 Å². The summed E-state index contributed by atoms with van der Waals surface area (Å²) in [7, 11) is -4.21. The lowest BCUT2D eigenvalue weighted by Crippen LogP contribution is -2.49. The van der Waals surface area contributed by atoms with Gasteiger partial charge in [0.1, 0.15) is 11.6 Å². The summed E-state index contributed by atoms with van der Waals surface area (Å²) in [6.07, 6.45) is 0. The molecular weight excluding hydrogens is 380 g/mol. The van der Waals surface area contributed by atoms with E-state index in [1.54, 1.807) is 11.3 Å². The Morgan fingerprint density at radius 1 is 0.923 bits per heavy atom. The molecule has 26 heavy (non-hydrogen) atoms. The van der Waals surface area contributed by atoms with Crippen molar-refractivity contribution < 1.29 is 17.2 Å². The maximum absolute atomic E-state index is 13.9. The van der Waals surface area contributed by atoms with E-state index < -0.39 is 26.6 Å². The maximum Gasteiger partial charge on any atom is 0.249 e. The highest BCUT2D eigenvalue weighted by atomic mass is 32.2. The second-order valence-corrected chi connectivity index (χ2v) is 8.79. The average molecular weight is 395 g/mol. The summed E-state index contributed by atoms with van der Waals surface area (Å²) in [6, 6.07) is 10.8. The molecule has 1 fully saturated rings. The fraction of sp³-hybridized carbons (Fsp3) is 0.235. The topological polar surface area (TPSA) is 53.5 Å². The van der Waals surface area contributed by atoms with Crippen LogP contribution in [0.5, 0.6) is 0 Å². The minimum atomic E-state index is -4.21. The molecule has 9 heteroatoms. The average Bonchev–Trinajstić information content (AvgIpc) is 3.05. The molecule has 2 aromatic carbocycles. The smallest absolute Gasteiger partial charge is 0.249 e. The Labute approximate surface area is 153 Å². The molecule has 1 aromatic heterocycles. The zero-order valence-electron chi connectivity index (χ0n) is 13.6. The summed E-state index contributed by atoms with van der Waals surface area (Å²) in [6.45, 7) is 1.11. The van der Waals surface area contributed by atoms with Gasteiger partial charge in [-0.2, -0.15) is 4.31 Å². The molecule has 0 atom stereocenters. The first-order valence-corrected chi connectivity index (χ1v) is 10.3. The Morgan fingerprint density at radius 2 is 1.58 bits per heavy atom. The molecule has 2 heterocycles. The summed E-state index contributed by atoms with van der Waals surface area (Å²) < 4.78 is 55.2. The van der Waals surface area contributed by atoms with Crippen LogP contribution in [0.1, 0.15) is 0 Å². The van der Waals surface area contributed by atoms with Crippen molar-refractivity contribution in [1.29, 1.82) is 0 Å². The van der Waals surface area contributed by atoms with E-state index >= 15 is 0 Å². The second kappa shape index (κ2) is 6.57. The van der Waals surface area contributed by atoms with Crippen molar-refractivity contribution >= 4 is 36.7 Å². The van der Waals surface area contributed by atoms with Crippen molar-refractivity contribution in [2.24, 2.45) is 0 Å². The molecule has 4 rings (SSSR count). The molecule has 1 aliphatic rings. The van der Waals surface area contributed by atoms with Crippen LogP contribution in [-0.4, -0.2) is 43.9 Å². The normalized spacial score (nSPS) is 16.3. The predicted octanol–water partition coefficient (Wildman–Crippen LogP) is 3.09. The summed E-state index contributed by atoms with van der Waals surface area (Å²) in [5.41, 5.74) is 0.899. The van der Waals surface area contributed by atoms with E-state index in [0.717, 1.165) is 37.9 Å². The van der Waals surface area contributed by atoms with Crippen LogP contribution >= 0.6 is 11.3 Å². The fourth-order valence-electron chi connectivity index (χ4n) is 2.97. The number of benzene rings is 2. The first-order valence-electron chi connectivity index (χ1n) is 8.01. The number of thiazole rings is 1. The minimum absolute atomic E-state index is 0.145. The molecule has 0 amide bonds. The number of sulfonamides is 1. The van der Waals surface area contributed by atoms with Crippen LogP contribution in [0.15, 0.2) is 47.4 Å². The highest BCUT2D eigenvalue weighted by Crippen LogP contribution is 2.30. The lowest BCUT2D eigenvalue weighted by Gasteiger charge is -2.33. The Kier molecular flexibility index (Phi) is 4.37. The lowest BCUT2D eigenvalue weighted by atomic mass is 10.3. The molecule has 0 saturated carbocycles. The van der Waals surface area contributed by atoms with Crippen LogP contribution in [0.2, 0.25) is 0 Å². The van der Waals surface area contributed by atoms with E-state index in [4.69, 9.17) is 0 Å². The summed E-state index contributed by atoms with van der Waals surface area (Å²) >= 11 is 1.54. The van der Waals surface area contributed by atoms with Gasteiger partial charge in [-0.05, 0) is 24.3 Å². The molecule has 1 aliphatic heterocycles. The first-order chi connectivity index (χ1) is 12.5. The van der Waals surface area contributed by atoms with Gasteiger partial charge in [0.05, 0.1) is 10.2 Å². The molecule has 0 N–H and O–H groups in total. The highest BCUT2D eigenvalue weighted by molar-refractivity contribution is 7.89. The van der Waals surface area contributed by atoms with E-state index in [2.05, 4.69) is 4.98 Å². The van der Waals surface area contributed by atoms with Crippen LogP contribution in [0, 0.1) is 11.6 Å². The lowest BCUT2D eigenvalue weighted by molar-refractivity contribution is 0.378. The fourth-order valence-corrected chi connectivity index (χ4v) is 5.52. The van der Waals surface area contributed by atoms with Gasteiger partial charge >= 0.3 is 0 Å². The van der Waals surface area contributed by atoms with E-state index in [-0.39, 0.29) is 13.1 Å². The molecular formula is C17H15F2N3O2S2. The van der Waals surface area contributed by atoms with E-state index in [1.165, 1.54) is 0 Å². The molecule has 0 unspecified atom stereocenters. The van der Waals surface area contributed by atoms with Gasteiger partial charge in [0.25, 0.3) is 0 Å². The van der Waals surface area contributed by atoms with Crippen molar-refractivity contribution in [3.8, 4) is 0 Å². The van der Waals surface area contributed by atoms with Crippen LogP contribution in [-0.2, 0) is 10.0 Å². The van der Waals surface area contributed by atoms with Gasteiger partial charge in [0.15, 0.2) is 10.0 Å². The van der Waals surface area contributed by atoms with Crippen LogP contribution in [0.3, 0.4) is 0 Å². The SMILES string of the molecule is O=S(=O)(c1c(F)cccc1F)N1CCN(c2nc3ccccc3s2)CC1. The van der Waals surface area contributed by atoms with E-state index in [0.29, 0.717) is 13.1 Å². The highest BCUT2D eigenvalue weighted by Gasteiger charge is 2.33. The van der Waals surface area contributed by atoms with Crippen molar-refractivity contribution in [1.82, 2.24) is 9.29 Å². The number of anilines is 1. The Hall–Kier alpha value is -2.10. The van der Waals surface area contributed by atoms with Crippen LogP contribution < -0.4 is 4.90 Å². The molecule has 0 spiro atoms. The predicted molar refractivity (Wildman–Crippen MR) is 96.9 cm³/mol. The number of hydrogen-bond acceptors (Lipinski definition) is 5. The summed E-state index contributed by atoms with van der Waals surface area (Å²) in [4.78, 5) is 5.68. The third-order valence-corrected chi connectivity index (χ3v) is 7.36. The second-order valence-electron chi connectivity index (χ2n) is 5.91. The number of hydrogen-bond donors (Lipinski definition) is 0. The Bertz CT molecular complexity index is 1010. The molecule has 5 nitrogen and oxygen atoms in total. The standard InChI is InChI=1S/C17H15F2N3O2S2/c18-12-4-3-5-13(19)16(12)26(23,24)22-10-8-21(9-11-22)17-20-14-6-1-2-7-15(14)25-17/h1-7H,8-11H2. The number of rotatable bonds is 3. The zero-order valence-corrected chi connectivity index (χ0v) is 15.2. The molecule has 1 saturated heterocycles. The molecule has 3 aromatic rings. The number of para-hydroxylation sites is 1. The van der Waals surface area contributed by atoms with Crippen LogP contribution in [0.25, 0.3) is 10.2 Å². The van der Waals surface area contributed by atoms with Gasteiger partial charge in [-0.1, -0.05) is 29.5 Å². The van der Waals surface area contributed by atoms with Crippen molar-refractivity contribution in [2.75, 3.05) is 31.1 Å². The third-order valence-electron chi connectivity index (χ3n) is 4.31. The van der Waals surface area contributed by atoms with Gasteiger partial charge in [0.2, 0.25) is 10.0 Å². The monoisotopic (exact) mass is 395 g/mol. The summed E-state index contributed by atoms with van der Waals surface area (Å²) in [5, 5.41) is 0.820. The largest absolute Gasteiger partial charge is 0.345 e. The maximum atomic E-state index is 13.9. The zero-order chi connectivity index (χ0) is 18.3. The quantitative estimate of drug-likeness (QED) is 0.684. The van der Waals surface area contributed by atoms with Crippen molar-refractivity contribution in [3.05, 3.63) is 54.1 Å². The molecule has 0 bridgehead atoms.